The van der Waals surface area contributed by atoms with Crippen molar-refractivity contribution in [3.63, 3.8) is 0 Å². The zero-order valence-corrected chi connectivity index (χ0v) is 10.9. The van der Waals surface area contributed by atoms with E-state index in [1.165, 1.54) is 0 Å². The Morgan fingerprint density at radius 3 is 2.68 bits per heavy atom. The molecule has 0 spiro atoms. The van der Waals surface area contributed by atoms with E-state index in [4.69, 9.17) is 10.5 Å². The van der Waals surface area contributed by atoms with E-state index in [0.29, 0.717) is 13.2 Å². The summed E-state index contributed by atoms with van der Waals surface area (Å²) >= 11 is 0. The van der Waals surface area contributed by atoms with Gasteiger partial charge < -0.3 is 10.5 Å². The lowest BCUT2D eigenvalue weighted by molar-refractivity contribution is 0.306. The zero-order chi connectivity index (χ0) is 13.5. The van der Waals surface area contributed by atoms with Crippen LogP contribution in [0, 0.1) is 18.8 Å². The van der Waals surface area contributed by atoms with E-state index in [2.05, 4.69) is 16.8 Å². The molecule has 0 atom stereocenters. The molecule has 1 heterocycles. The number of aromatic nitrogens is 1. The molecule has 19 heavy (non-hydrogen) atoms. The molecule has 2 N–H and O–H groups in total. The number of aryl methyl sites for hydroxylation is 1. The number of ether oxygens (including phenoxy) is 1. The largest absolute Gasteiger partial charge is 0.489 e. The van der Waals surface area contributed by atoms with Crippen molar-refractivity contribution in [1.82, 2.24) is 4.98 Å². The second-order valence-corrected chi connectivity index (χ2v) is 4.13. The highest BCUT2D eigenvalue weighted by Gasteiger charge is 1.99. The highest BCUT2D eigenvalue weighted by atomic mass is 16.5. The molecule has 0 aliphatic rings. The SMILES string of the molecule is Cc1cc(OCc2ccncc2)ccc1C#CCN. The molecule has 3 heteroatoms. The molecule has 0 aliphatic carbocycles. The van der Waals surface area contributed by atoms with E-state index >= 15 is 0 Å². The van der Waals surface area contributed by atoms with Gasteiger partial charge in [-0.15, -0.1) is 0 Å². The van der Waals surface area contributed by atoms with Crippen LogP contribution in [-0.2, 0) is 6.61 Å². The topological polar surface area (TPSA) is 48.1 Å². The summed E-state index contributed by atoms with van der Waals surface area (Å²) in [6.07, 6.45) is 3.52. The van der Waals surface area contributed by atoms with Crippen molar-refractivity contribution in [3.05, 3.63) is 59.4 Å². The number of nitrogens with two attached hydrogens (primary N) is 1. The molecule has 2 aromatic rings. The standard InChI is InChI=1S/C16H16N2O/c1-13-11-16(5-4-15(13)3-2-8-17)19-12-14-6-9-18-10-7-14/h4-7,9-11H,8,12,17H2,1H3. The van der Waals surface area contributed by atoms with Crippen molar-refractivity contribution >= 4 is 0 Å². The third-order valence-electron chi connectivity index (χ3n) is 2.68. The summed E-state index contributed by atoms with van der Waals surface area (Å²) in [5.74, 6) is 6.73. The van der Waals surface area contributed by atoms with Gasteiger partial charge in [0, 0.05) is 18.0 Å². The van der Waals surface area contributed by atoms with Gasteiger partial charge in [-0.1, -0.05) is 11.8 Å². The third kappa shape index (κ3) is 3.84. The minimum Gasteiger partial charge on any atom is -0.489 e. The van der Waals surface area contributed by atoms with Crippen LogP contribution in [0.15, 0.2) is 42.7 Å². The number of benzene rings is 1. The molecule has 2 rings (SSSR count). The van der Waals surface area contributed by atoms with Crippen LogP contribution < -0.4 is 10.5 Å². The molecule has 0 aliphatic heterocycles. The molecule has 1 aromatic carbocycles. The van der Waals surface area contributed by atoms with E-state index in [1.807, 2.05) is 37.3 Å². The van der Waals surface area contributed by atoms with Crippen molar-refractivity contribution in [2.24, 2.45) is 5.73 Å². The van der Waals surface area contributed by atoms with Crippen LogP contribution in [0.4, 0.5) is 0 Å². The molecule has 3 nitrogen and oxygen atoms in total. The molecule has 0 radical (unpaired) electrons. The minimum atomic E-state index is 0.375. The molecule has 0 saturated carbocycles. The van der Waals surface area contributed by atoms with Crippen LogP contribution in [0.2, 0.25) is 0 Å². The average Bonchev–Trinajstić information content (AvgIpc) is 2.45. The van der Waals surface area contributed by atoms with E-state index in [9.17, 15) is 0 Å². The van der Waals surface area contributed by atoms with Crippen molar-refractivity contribution in [2.75, 3.05) is 6.54 Å². The fraction of sp³-hybridized carbons (Fsp3) is 0.188. The van der Waals surface area contributed by atoms with E-state index in [1.54, 1.807) is 12.4 Å². The summed E-state index contributed by atoms with van der Waals surface area (Å²) in [5.41, 5.74) is 8.54. The highest BCUT2D eigenvalue weighted by molar-refractivity contribution is 5.44. The molecule has 0 bridgehead atoms. The van der Waals surface area contributed by atoms with Gasteiger partial charge in [0.15, 0.2) is 0 Å². The number of rotatable bonds is 3. The molecular formula is C16H16N2O. The van der Waals surface area contributed by atoms with Crippen LogP contribution in [0.5, 0.6) is 5.75 Å². The van der Waals surface area contributed by atoms with Crippen LogP contribution in [-0.4, -0.2) is 11.5 Å². The maximum absolute atomic E-state index is 5.73. The fourth-order valence-corrected chi connectivity index (χ4v) is 1.66. The van der Waals surface area contributed by atoms with E-state index in [-0.39, 0.29) is 0 Å². The maximum atomic E-state index is 5.73. The fourth-order valence-electron chi connectivity index (χ4n) is 1.66. The summed E-state index contributed by atoms with van der Waals surface area (Å²) in [6, 6.07) is 9.75. The number of nitrogens with zero attached hydrogens (tertiary/aromatic N) is 1. The molecule has 0 unspecified atom stereocenters. The Kier molecular flexibility index (Phi) is 4.54. The molecule has 0 amide bonds. The Hall–Kier alpha value is -2.31. The summed E-state index contributed by atoms with van der Waals surface area (Å²) in [6.45, 7) is 2.93. The van der Waals surface area contributed by atoms with Crippen molar-refractivity contribution in [2.45, 2.75) is 13.5 Å². The smallest absolute Gasteiger partial charge is 0.120 e. The van der Waals surface area contributed by atoms with Gasteiger partial charge >= 0.3 is 0 Å². The van der Waals surface area contributed by atoms with Crippen molar-refractivity contribution in [1.29, 1.82) is 0 Å². The van der Waals surface area contributed by atoms with E-state index in [0.717, 1.165) is 22.4 Å². The summed E-state index contributed by atoms with van der Waals surface area (Å²) in [7, 11) is 0. The van der Waals surface area contributed by atoms with Crippen LogP contribution in [0.1, 0.15) is 16.7 Å². The second-order valence-electron chi connectivity index (χ2n) is 4.13. The Morgan fingerprint density at radius 1 is 1.21 bits per heavy atom. The van der Waals surface area contributed by atoms with Crippen LogP contribution in [0.3, 0.4) is 0 Å². The Balaban J connectivity index is 2.04. The molecule has 0 fully saturated rings. The Morgan fingerprint density at radius 2 is 2.00 bits per heavy atom. The molecule has 96 valence electrons. The Bertz CT molecular complexity index is 597. The average molecular weight is 252 g/mol. The first-order valence-electron chi connectivity index (χ1n) is 6.11. The zero-order valence-electron chi connectivity index (χ0n) is 10.9. The van der Waals surface area contributed by atoms with Crippen molar-refractivity contribution < 1.29 is 4.74 Å². The summed E-state index contributed by atoms with van der Waals surface area (Å²) in [4.78, 5) is 3.97. The van der Waals surface area contributed by atoms with Gasteiger partial charge in [-0.3, -0.25) is 4.98 Å². The van der Waals surface area contributed by atoms with Gasteiger partial charge in [0.05, 0.1) is 6.54 Å². The molecule has 1 aromatic heterocycles. The van der Waals surface area contributed by atoms with E-state index < -0.39 is 0 Å². The molecular weight excluding hydrogens is 236 g/mol. The van der Waals surface area contributed by atoms with Gasteiger partial charge in [0.1, 0.15) is 12.4 Å². The van der Waals surface area contributed by atoms with Crippen molar-refractivity contribution in [3.8, 4) is 17.6 Å². The predicted molar refractivity (Wildman–Crippen MR) is 75.7 cm³/mol. The Labute approximate surface area is 113 Å². The van der Waals surface area contributed by atoms with Gasteiger partial charge in [-0.25, -0.2) is 0 Å². The number of pyridine rings is 1. The summed E-state index contributed by atoms with van der Waals surface area (Å²) < 4.78 is 5.73. The molecule has 0 saturated heterocycles. The van der Waals surface area contributed by atoms with Crippen LogP contribution >= 0.6 is 0 Å². The maximum Gasteiger partial charge on any atom is 0.120 e. The first-order valence-corrected chi connectivity index (χ1v) is 6.11. The lowest BCUT2D eigenvalue weighted by Crippen LogP contribution is -1.96. The summed E-state index contributed by atoms with van der Waals surface area (Å²) in [5, 5.41) is 0. The van der Waals surface area contributed by atoms with Gasteiger partial charge in [0.25, 0.3) is 0 Å². The monoisotopic (exact) mass is 252 g/mol. The highest BCUT2D eigenvalue weighted by Crippen LogP contribution is 2.17. The second kappa shape index (κ2) is 6.58. The normalized spacial score (nSPS) is 9.58. The first-order chi connectivity index (χ1) is 9.29. The lowest BCUT2D eigenvalue weighted by atomic mass is 10.1. The third-order valence-corrected chi connectivity index (χ3v) is 2.68. The van der Waals surface area contributed by atoms with Gasteiger partial charge in [-0.05, 0) is 48.4 Å². The van der Waals surface area contributed by atoms with Gasteiger partial charge in [-0.2, -0.15) is 0 Å². The lowest BCUT2D eigenvalue weighted by Gasteiger charge is -2.07. The predicted octanol–water partition coefficient (Wildman–Crippen LogP) is 2.28. The number of hydrogen-bond donors (Lipinski definition) is 1. The quantitative estimate of drug-likeness (QED) is 0.852. The van der Waals surface area contributed by atoms with Crippen LogP contribution in [0.25, 0.3) is 0 Å². The first kappa shape index (κ1) is 13.1. The number of hydrogen-bond acceptors (Lipinski definition) is 3. The van der Waals surface area contributed by atoms with Gasteiger partial charge in [0.2, 0.25) is 0 Å². The minimum absolute atomic E-state index is 0.375.